The van der Waals surface area contributed by atoms with E-state index in [1.807, 2.05) is 36.5 Å². The smallest absolute Gasteiger partial charge is 0.124 e. The Morgan fingerprint density at radius 3 is 2.29 bits per heavy atom. The van der Waals surface area contributed by atoms with Crippen LogP contribution < -0.4 is 0 Å². The van der Waals surface area contributed by atoms with E-state index in [-0.39, 0.29) is 5.75 Å². The van der Waals surface area contributed by atoms with Gasteiger partial charge in [0.1, 0.15) is 5.75 Å². The molecule has 1 aliphatic rings. The molecule has 0 spiro atoms. The predicted octanol–water partition coefficient (Wildman–Crippen LogP) is 7.59. The highest BCUT2D eigenvalue weighted by Crippen LogP contribution is 2.42. The lowest BCUT2D eigenvalue weighted by molar-refractivity contribution is 0.477. The van der Waals surface area contributed by atoms with Crippen LogP contribution in [0.2, 0.25) is 0 Å². The molecular weight excluding hydrogens is 428 g/mol. The fraction of sp³-hybridized carbons (Fsp3) is 0.0625. The molecule has 0 saturated heterocycles. The fourth-order valence-corrected chi connectivity index (χ4v) is 5.35. The lowest BCUT2D eigenvalue weighted by Gasteiger charge is -2.23. The highest BCUT2D eigenvalue weighted by molar-refractivity contribution is 6.01. The summed E-state index contributed by atoms with van der Waals surface area (Å²) in [5, 5.41) is 15.3. The van der Waals surface area contributed by atoms with Gasteiger partial charge in [0.2, 0.25) is 0 Å². The SMILES string of the molecule is Oc1ccccc1-c1nc2c(c3ccccc13)CCc1ccc(-c3cc4ccccc4cn3)cc1-2. The standard InChI is InChI=1S/C32H22N2O/c35-30-12-6-5-11-27(30)31-25-10-4-3-9-24(25)26-16-15-20-13-14-22(17-28(20)32(26)34-31)29-18-21-7-1-2-8-23(21)19-33-29/h1-14,17-19,35H,15-16H2. The van der Waals surface area contributed by atoms with E-state index in [4.69, 9.17) is 9.97 Å². The zero-order valence-electron chi connectivity index (χ0n) is 19.1. The van der Waals surface area contributed by atoms with Crippen LogP contribution in [-0.4, -0.2) is 15.1 Å². The number of rotatable bonds is 2. The zero-order valence-corrected chi connectivity index (χ0v) is 19.1. The van der Waals surface area contributed by atoms with E-state index >= 15 is 0 Å². The first-order chi connectivity index (χ1) is 17.3. The molecule has 35 heavy (non-hydrogen) atoms. The summed E-state index contributed by atoms with van der Waals surface area (Å²) in [6.45, 7) is 0. The third-order valence-electron chi connectivity index (χ3n) is 7.11. The Balaban J connectivity index is 1.47. The summed E-state index contributed by atoms with van der Waals surface area (Å²) in [5.74, 6) is 0.246. The number of hydrogen-bond acceptors (Lipinski definition) is 3. The van der Waals surface area contributed by atoms with E-state index in [9.17, 15) is 5.11 Å². The molecule has 6 aromatic rings. The molecule has 0 unspecified atom stereocenters. The minimum atomic E-state index is 0.246. The Morgan fingerprint density at radius 1 is 0.629 bits per heavy atom. The van der Waals surface area contributed by atoms with E-state index in [2.05, 4.69) is 60.7 Å². The number of benzene rings is 4. The van der Waals surface area contributed by atoms with Crippen LogP contribution in [0.25, 0.3) is 55.3 Å². The highest BCUT2D eigenvalue weighted by Gasteiger charge is 2.23. The van der Waals surface area contributed by atoms with E-state index in [0.29, 0.717) is 0 Å². The van der Waals surface area contributed by atoms with Crippen molar-refractivity contribution >= 4 is 21.5 Å². The summed E-state index contributed by atoms with van der Waals surface area (Å²) in [4.78, 5) is 9.97. The maximum absolute atomic E-state index is 10.7. The zero-order chi connectivity index (χ0) is 23.4. The number of para-hydroxylation sites is 1. The van der Waals surface area contributed by atoms with Crippen LogP contribution in [0.1, 0.15) is 11.1 Å². The molecule has 0 saturated carbocycles. The third-order valence-corrected chi connectivity index (χ3v) is 7.11. The summed E-state index contributed by atoms with van der Waals surface area (Å²) in [5.41, 5.74) is 8.35. The lowest BCUT2D eigenvalue weighted by Crippen LogP contribution is -2.08. The minimum Gasteiger partial charge on any atom is -0.507 e. The first-order valence-electron chi connectivity index (χ1n) is 11.9. The van der Waals surface area contributed by atoms with Gasteiger partial charge in [-0.1, -0.05) is 72.8 Å². The average molecular weight is 451 g/mol. The number of aromatic hydroxyl groups is 1. The number of phenols is 1. The Morgan fingerprint density at radius 2 is 1.40 bits per heavy atom. The van der Waals surface area contributed by atoms with E-state index in [1.165, 1.54) is 21.9 Å². The number of phenolic OH excluding ortho intramolecular Hbond substituents is 1. The van der Waals surface area contributed by atoms with Gasteiger partial charge in [0.15, 0.2) is 0 Å². The largest absolute Gasteiger partial charge is 0.507 e. The number of aromatic nitrogens is 2. The molecule has 3 nitrogen and oxygen atoms in total. The van der Waals surface area contributed by atoms with E-state index in [0.717, 1.165) is 57.4 Å². The molecule has 0 radical (unpaired) electrons. The molecule has 2 aromatic heterocycles. The number of hydrogen-bond donors (Lipinski definition) is 1. The number of aryl methyl sites for hydroxylation is 2. The van der Waals surface area contributed by atoms with E-state index < -0.39 is 0 Å². The normalized spacial score (nSPS) is 12.5. The number of pyridine rings is 2. The third kappa shape index (κ3) is 3.20. The van der Waals surface area contributed by atoms with Gasteiger partial charge in [0.25, 0.3) is 0 Å². The number of fused-ring (bicyclic) bond motifs is 6. The second kappa shape index (κ2) is 7.78. The molecule has 0 amide bonds. The second-order valence-corrected chi connectivity index (χ2v) is 9.14. The Kier molecular flexibility index (Phi) is 4.43. The quantitative estimate of drug-likeness (QED) is 0.296. The van der Waals surface area contributed by atoms with Crippen molar-refractivity contribution in [1.29, 1.82) is 0 Å². The van der Waals surface area contributed by atoms with Gasteiger partial charge in [0.05, 0.1) is 17.1 Å². The molecule has 166 valence electrons. The van der Waals surface area contributed by atoms with Crippen molar-refractivity contribution in [3.05, 3.63) is 114 Å². The first-order valence-corrected chi connectivity index (χ1v) is 11.9. The monoisotopic (exact) mass is 450 g/mol. The molecule has 0 aliphatic heterocycles. The van der Waals surface area contributed by atoms with Crippen molar-refractivity contribution in [3.8, 4) is 39.5 Å². The van der Waals surface area contributed by atoms with Crippen molar-refractivity contribution in [2.45, 2.75) is 12.8 Å². The summed E-state index contributed by atoms with van der Waals surface area (Å²) in [6, 6.07) is 33.0. The molecule has 1 aliphatic carbocycles. The molecule has 1 N–H and O–H groups in total. The van der Waals surface area contributed by atoms with Gasteiger partial charge in [-0.05, 0) is 59.0 Å². The summed E-state index contributed by atoms with van der Waals surface area (Å²) < 4.78 is 0. The maximum atomic E-state index is 10.7. The van der Waals surface area contributed by atoms with Crippen molar-refractivity contribution in [2.75, 3.05) is 0 Å². The van der Waals surface area contributed by atoms with Crippen LogP contribution in [0.5, 0.6) is 5.75 Å². The van der Waals surface area contributed by atoms with Crippen LogP contribution in [0.15, 0.2) is 103 Å². The van der Waals surface area contributed by atoms with Gasteiger partial charge >= 0.3 is 0 Å². The van der Waals surface area contributed by atoms with Gasteiger partial charge in [-0.15, -0.1) is 0 Å². The summed E-state index contributed by atoms with van der Waals surface area (Å²) >= 11 is 0. The van der Waals surface area contributed by atoms with Gasteiger partial charge < -0.3 is 5.11 Å². The topological polar surface area (TPSA) is 46.0 Å². The predicted molar refractivity (Wildman–Crippen MR) is 142 cm³/mol. The Bertz CT molecular complexity index is 1770. The van der Waals surface area contributed by atoms with Crippen LogP contribution >= 0.6 is 0 Å². The fourth-order valence-electron chi connectivity index (χ4n) is 5.35. The van der Waals surface area contributed by atoms with Crippen LogP contribution in [-0.2, 0) is 12.8 Å². The van der Waals surface area contributed by atoms with Gasteiger partial charge in [-0.3, -0.25) is 4.98 Å². The molecular formula is C32H22N2O. The molecule has 0 atom stereocenters. The maximum Gasteiger partial charge on any atom is 0.124 e. The van der Waals surface area contributed by atoms with Crippen molar-refractivity contribution in [1.82, 2.24) is 9.97 Å². The van der Waals surface area contributed by atoms with Crippen molar-refractivity contribution < 1.29 is 5.11 Å². The lowest BCUT2D eigenvalue weighted by atomic mass is 9.84. The van der Waals surface area contributed by atoms with Gasteiger partial charge in [0, 0.05) is 33.7 Å². The Labute approximate surface area is 203 Å². The second-order valence-electron chi connectivity index (χ2n) is 9.14. The van der Waals surface area contributed by atoms with Crippen molar-refractivity contribution in [2.24, 2.45) is 0 Å². The molecule has 0 fully saturated rings. The number of nitrogens with zero attached hydrogens (tertiary/aromatic N) is 2. The van der Waals surface area contributed by atoms with Gasteiger partial charge in [-0.2, -0.15) is 0 Å². The molecule has 3 heteroatoms. The highest BCUT2D eigenvalue weighted by atomic mass is 16.3. The molecule has 7 rings (SSSR count). The molecule has 0 bridgehead atoms. The van der Waals surface area contributed by atoms with Crippen LogP contribution in [0.3, 0.4) is 0 Å². The summed E-state index contributed by atoms with van der Waals surface area (Å²) in [7, 11) is 0. The molecule has 4 aromatic carbocycles. The van der Waals surface area contributed by atoms with E-state index in [1.54, 1.807) is 6.07 Å². The Hall–Kier alpha value is -4.50. The van der Waals surface area contributed by atoms with Crippen LogP contribution in [0, 0.1) is 0 Å². The van der Waals surface area contributed by atoms with Crippen LogP contribution in [0.4, 0.5) is 0 Å². The minimum absolute atomic E-state index is 0.246. The van der Waals surface area contributed by atoms with Crippen molar-refractivity contribution in [3.63, 3.8) is 0 Å². The average Bonchev–Trinajstić information content (AvgIpc) is 2.92. The van der Waals surface area contributed by atoms with Gasteiger partial charge in [-0.25, -0.2) is 4.98 Å². The molecule has 2 heterocycles. The first kappa shape index (κ1) is 19.9. The summed E-state index contributed by atoms with van der Waals surface area (Å²) in [6.07, 6.45) is 3.87.